The molecule has 8 nitrogen and oxygen atoms in total. The van der Waals surface area contributed by atoms with Crippen LogP contribution in [0.1, 0.15) is 62.6 Å². The molecule has 0 bridgehead atoms. The van der Waals surface area contributed by atoms with Gasteiger partial charge in [0.2, 0.25) is 5.91 Å². The van der Waals surface area contributed by atoms with E-state index in [0.29, 0.717) is 18.4 Å². The number of nitrogens with zero attached hydrogens (tertiary/aromatic N) is 2. The second-order valence-corrected chi connectivity index (χ2v) is 10.3. The highest BCUT2D eigenvalue weighted by Crippen LogP contribution is 2.39. The maximum Gasteiger partial charge on any atom is 0.396 e. The highest BCUT2D eigenvalue weighted by atomic mass is 19.1. The van der Waals surface area contributed by atoms with Gasteiger partial charge in [-0.05, 0) is 60.4 Å². The highest BCUT2D eigenvalue weighted by molar-refractivity contribution is 6.32. The van der Waals surface area contributed by atoms with Crippen LogP contribution < -0.4 is 5.43 Å². The Labute approximate surface area is 227 Å². The number of hydrazine groups is 1. The molecule has 2 aromatic carbocycles. The van der Waals surface area contributed by atoms with Gasteiger partial charge in [0.05, 0.1) is 18.8 Å². The maximum absolute atomic E-state index is 13.6. The van der Waals surface area contributed by atoms with Crippen LogP contribution in [0, 0.1) is 11.6 Å². The van der Waals surface area contributed by atoms with Gasteiger partial charge in [-0.15, -0.1) is 0 Å². The fraction of sp³-hybridized carbons (Fsp3) is 0.483. The second-order valence-electron chi connectivity index (χ2n) is 10.3. The van der Waals surface area contributed by atoms with Gasteiger partial charge in [-0.25, -0.2) is 18.6 Å². The molecule has 1 heterocycles. The number of esters is 1. The van der Waals surface area contributed by atoms with Crippen LogP contribution in [-0.4, -0.2) is 65.6 Å². The molecule has 2 aromatic rings. The van der Waals surface area contributed by atoms with Gasteiger partial charge in [-0.3, -0.25) is 15.0 Å². The second kappa shape index (κ2) is 13.1. The number of carbonyl (C=O) groups excluding carboxylic acids is 3. The molecule has 0 unspecified atom stereocenters. The molecule has 2 amide bonds. The first kappa shape index (κ1) is 30.2. The van der Waals surface area contributed by atoms with Gasteiger partial charge in [-0.2, -0.15) is 0 Å². The third-order valence-corrected chi connectivity index (χ3v) is 7.22. The van der Waals surface area contributed by atoms with Gasteiger partial charge in [0.1, 0.15) is 11.6 Å². The zero-order chi connectivity index (χ0) is 28.7. The summed E-state index contributed by atoms with van der Waals surface area (Å²) in [5.74, 6) is -3.12. The van der Waals surface area contributed by atoms with Crippen LogP contribution in [0.3, 0.4) is 0 Å². The molecule has 2 N–H and O–H groups in total. The Kier molecular flexibility index (Phi) is 10.2. The Morgan fingerprint density at radius 1 is 1.10 bits per heavy atom. The fourth-order valence-corrected chi connectivity index (χ4v) is 5.11. The number of nitrogens with one attached hydrogen (secondary N) is 1. The summed E-state index contributed by atoms with van der Waals surface area (Å²) in [6, 6.07) is 11.2. The third-order valence-electron chi connectivity index (χ3n) is 7.22. The molecule has 3 rings (SSSR count). The first-order chi connectivity index (χ1) is 18.4. The molecular weight excluding hydrogens is 508 g/mol. The normalized spacial score (nSPS) is 15.8. The molecule has 0 aromatic heterocycles. The lowest BCUT2D eigenvalue weighted by molar-refractivity contribution is -0.160. The van der Waals surface area contributed by atoms with E-state index in [1.165, 1.54) is 24.0 Å². The van der Waals surface area contributed by atoms with Crippen molar-refractivity contribution in [3.05, 3.63) is 70.8 Å². The quantitative estimate of drug-likeness (QED) is 0.285. The molecule has 0 spiro atoms. The molecule has 0 radical (unpaired) electrons. The number of likely N-dealkylation sites (tertiary alicyclic amines) is 1. The number of ether oxygens (including phenoxy) is 1. The minimum absolute atomic E-state index is 0.0359. The van der Waals surface area contributed by atoms with Crippen LogP contribution >= 0.6 is 0 Å². The number of aliphatic hydroxyl groups is 1. The summed E-state index contributed by atoms with van der Waals surface area (Å²) in [6.45, 7) is 6.03. The largest absolute Gasteiger partial charge is 0.462 e. The van der Waals surface area contributed by atoms with E-state index in [0.717, 1.165) is 24.3 Å². The molecule has 1 fully saturated rings. The van der Waals surface area contributed by atoms with E-state index in [-0.39, 0.29) is 44.3 Å². The lowest BCUT2D eigenvalue weighted by atomic mass is 9.78. The molecule has 39 heavy (non-hydrogen) atoms. The summed E-state index contributed by atoms with van der Waals surface area (Å²) >= 11 is 0. The van der Waals surface area contributed by atoms with E-state index >= 15 is 0 Å². The number of piperidine rings is 1. The number of aryl methyl sites for hydroxylation is 1. The monoisotopic (exact) mass is 545 g/mol. The number of rotatable bonds is 9. The van der Waals surface area contributed by atoms with E-state index in [1.54, 1.807) is 5.01 Å². The minimum atomic E-state index is -0.942. The van der Waals surface area contributed by atoms with Crippen molar-refractivity contribution < 1.29 is 33.0 Å². The molecule has 212 valence electrons. The summed E-state index contributed by atoms with van der Waals surface area (Å²) in [5, 5.41) is 12.7. The highest BCUT2D eigenvalue weighted by Gasteiger charge is 2.44. The summed E-state index contributed by atoms with van der Waals surface area (Å²) in [4.78, 5) is 38.1. The number of aliphatic hydroxyl groups excluding tert-OH is 1. The SMILES string of the molecule is COC(=O)C(=O)N1CCC(c2cccc(C(C)C)c2)(N(C[C@H](O)CCc2cc(F)cc(F)c2)NC(C)=O)CC1. The molecule has 0 aliphatic carbocycles. The van der Waals surface area contributed by atoms with Crippen LogP contribution in [-0.2, 0) is 31.1 Å². The van der Waals surface area contributed by atoms with E-state index in [2.05, 4.69) is 30.1 Å². The minimum Gasteiger partial charge on any atom is -0.462 e. The van der Waals surface area contributed by atoms with Crippen LogP contribution in [0.2, 0.25) is 0 Å². The Morgan fingerprint density at radius 2 is 1.74 bits per heavy atom. The number of carbonyl (C=O) groups is 3. The molecule has 1 atom stereocenters. The van der Waals surface area contributed by atoms with Crippen LogP contribution in [0.4, 0.5) is 8.78 Å². The number of hydrogen-bond acceptors (Lipinski definition) is 6. The summed E-state index contributed by atoms with van der Waals surface area (Å²) in [6.07, 6.45) is 0.247. The summed E-state index contributed by atoms with van der Waals surface area (Å²) < 4.78 is 31.8. The third kappa shape index (κ3) is 7.60. The van der Waals surface area contributed by atoms with Gasteiger partial charge >= 0.3 is 11.9 Å². The number of hydrogen-bond donors (Lipinski definition) is 2. The lowest BCUT2D eigenvalue weighted by Gasteiger charge is -2.49. The van der Waals surface area contributed by atoms with Crippen LogP contribution in [0.15, 0.2) is 42.5 Å². The van der Waals surface area contributed by atoms with Gasteiger partial charge in [0.15, 0.2) is 0 Å². The molecule has 1 aliphatic rings. The zero-order valence-corrected chi connectivity index (χ0v) is 22.9. The van der Waals surface area contributed by atoms with Gasteiger partial charge < -0.3 is 14.7 Å². The Balaban J connectivity index is 1.91. The van der Waals surface area contributed by atoms with Gasteiger partial charge in [-0.1, -0.05) is 38.1 Å². The molecule has 0 saturated carbocycles. The standard InChI is InChI=1S/C29H37F2N3O5/c1-19(2)22-6-5-7-23(16-22)29(10-12-33(13-11-29)27(37)28(38)39-4)34(32-20(3)35)18-26(36)9-8-21-14-24(30)17-25(31)15-21/h5-7,14-17,19,26,36H,8-13,18H2,1-4H3,(H,32,35)/t26-/m1/s1. The summed E-state index contributed by atoms with van der Waals surface area (Å²) in [7, 11) is 1.16. The zero-order valence-electron chi connectivity index (χ0n) is 22.9. The summed E-state index contributed by atoms with van der Waals surface area (Å²) in [5.41, 5.74) is 4.51. The van der Waals surface area contributed by atoms with Crippen molar-refractivity contribution in [3.8, 4) is 0 Å². The Morgan fingerprint density at radius 3 is 2.31 bits per heavy atom. The van der Waals surface area contributed by atoms with Crippen molar-refractivity contribution in [2.75, 3.05) is 26.7 Å². The van der Waals surface area contributed by atoms with Crippen molar-refractivity contribution in [2.45, 2.75) is 64.0 Å². The molecule has 1 saturated heterocycles. The number of halogens is 2. The van der Waals surface area contributed by atoms with Crippen LogP contribution in [0.5, 0.6) is 0 Å². The number of amides is 2. The predicted molar refractivity (Wildman–Crippen MR) is 141 cm³/mol. The molecular formula is C29H37F2N3O5. The molecule has 1 aliphatic heterocycles. The fourth-order valence-electron chi connectivity index (χ4n) is 5.11. The van der Waals surface area contributed by atoms with E-state index < -0.39 is 35.2 Å². The molecule has 10 heteroatoms. The first-order valence-electron chi connectivity index (χ1n) is 13.1. The van der Waals surface area contributed by atoms with Crippen LogP contribution in [0.25, 0.3) is 0 Å². The van der Waals surface area contributed by atoms with Crippen molar-refractivity contribution in [3.63, 3.8) is 0 Å². The average Bonchev–Trinajstić information content (AvgIpc) is 2.90. The predicted octanol–water partition coefficient (Wildman–Crippen LogP) is 3.43. The number of methoxy groups -OCH3 is 1. The van der Waals surface area contributed by atoms with Gasteiger partial charge in [0, 0.05) is 32.6 Å². The smallest absolute Gasteiger partial charge is 0.396 e. The van der Waals surface area contributed by atoms with E-state index in [1.807, 2.05) is 18.2 Å². The van der Waals surface area contributed by atoms with Gasteiger partial charge in [0.25, 0.3) is 0 Å². The lowest BCUT2D eigenvalue weighted by Crippen LogP contribution is -2.61. The Bertz CT molecular complexity index is 1160. The Hall–Kier alpha value is -3.37. The average molecular weight is 546 g/mol. The van der Waals surface area contributed by atoms with E-state index in [9.17, 15) is 28.3 Å². The van der Waals surface area contributed by atoms with E-state index in [4.69, 9.17) is 0 Å². The van der Waals surface area contributed by atoms with Crippen molar-refractivity contribution in [1.29, 1.82) is 0 Å². The number of benzene rings is 2. The topological polar surface area (TPSA) is 99.2 Å². The first-order valence-corrected chi connectivity index (χ1v) is 13.1. The van der Waals surface area contributed by atoms with Crippen molar-refractivity contribution in [2.24, 2.45) is 0 Å². The maximum atomic E-state index is 13.6. The van der Waals surface area contributed by atoms with Crippen molar-refractivity contribution >= 4 is 17.8 Å². The van der Waals surface area contributed by atoms with Crippen molar-refractivity contribution in [1.82, 2.24) is 15.3 Å².